The highest BCUT2D eigenvalue weighted by atomic mass is 32.2. The normalized spacial score (nSPS) is 20.7. The smallest absolute Gasteiger partial charge is 0.254 e. The van der Waals surface area contributed by atoms with E-state index in [1.54, 1.807) is 25.9 Å². The van der Waals surface area contributed by atoms with Crippen molar-refractivity contribution in [2.45, 2.75) is 63.8 Å². The number of hydrogen-bond donors (Lipinski definition) is 1. The summed E-state index contributed by atoms with van der Waals surface area (Å²) >= 11 is 0. The molecule has 1 fully saturated rings. The Morgan fingerprint density at radius 1 is 1.31 bits per heavy atom. The van der Waals surface area contributed by atoms with E-state index in [0.717, 1.165) is 12.8 Å². The van der Waals surface area contributed by atoms with Gasteiger partial charge in [0.15, 0.2) is 0 Å². The van der Waals surface area contributed by atoms with E-state index in [1.165, 1.54) is 4.31 Å². The first-order chi connectivity index (χ1) is 13.8. The van der Waals surface area contributed by atoms with Crippen LogP contribution in [0.5, 0.6) is 0 Å². The van der Waals surface area contributed by atoms with Gasteiger partial charge in [-0.3, -0.25) is 9.59 Å². The van der Waals surface area contributed by atoms with Gasteiger partial charge in [-0.15, -0.1) is 0 Å². The summed E-state index contributed by atoms with van der Waals surface area (Å²) in [5, 5.41) is -0.530. The summed E-state index contributed by atoms with van der Waals surface area (Å²) in [4.78, 5) is 34.6. The van der Waals surface area contributed by atoms with Gasteiger partial charge in [0.1, 0.15) is 5.82 Å². The maximum absolute atomic E-state index is 12.7. The first-order valence-electron chi connectivity index (χ1n) is 10.1. The van der Waals surface area contributed by atoms with Gasteiger partial charge in [0.25, 0.3) is 5.56 Å². The third-order valence-corrected chi connectivity index (χ3v) is 7.89. The summed E-state index contributed by atoms with van der Waals surface area (Å²) in [7, 11) is -1.87. The molecule has 29 heavy (non-hydrogen) atoms. The highest BCUT2D eigenvalue weighted by molar-refractivity contribution is 7.89. The number of sulfonamides is 1. The van der Waals surface area contributed by atoms with E-state index in [-0.39, 0.29) is 37.0 Å². The average Bonchev–Trinajstić information content (AvgIpc) is 2.71. The molecule has 0 aliphatic carbocycles. The predicted octanol–water partition coefficient (Wildman–Crippen LogP) is 0.956. The molecule has 0 unspecified atom stereocenters. The molecule has 0 spiro atoms. The lowest BCUT2D eigenvalue weighted by molar-refractivity contribution is -0.136. The highest BCUT2D eigenvalue weighted by Crippen LogP contribution is 2.30. The molecule has 162 valence electrons. The van der Waals surface area contributed by atoms with E-state index in [4.69, 9.17) is 4.74 Å². The maximum Gasteiger partial charge on any atom is 0.254 e. The monoisotopic (exact) mass is 426 g/mol. The molecule has 2 aliphatic heterocycles. The summed E-state index contributed by atoms with van der Waals surface area (Å²) in [6, 6.07) is -0.303. The molecule has 0 bridgehead atoms. The van der Waals surface area contributed by atoms with Crippen molar-refractivity contribution in [2.75, 3.05) is 26.8 Å². The quantitative estimate of drug-likeness (QED) is 0.725. The van der Waals surface area contributed by atoms with E-state index >= 15 is 0 Å². The molecule has 10 heteroatoms. The fraction of sp³-hybridized carbons (Fsp3) is 0.737. The fourth-order valence-corrected chi connectivity index (χ4v) is 5.20. The number of amides is 1. The van der Waals surface area contributed by atoms with Crippen molar-refractivity contribution in [3.63, 3.8) is 0 Å². The van der Waals surface area contributed by atoms with Crippen LogP contribution in [0.4, 0.5) is 0 Å². The molecule has 0 radical (unpaired) electrons. The van der Waals surface area contributed by atoms with E-state index < -0.39 is 15.3 Å². The molecule has 0 saturated carbocycles. The number of nitrogens with one attached hydrogen (secondary N) is 1. The van der Waals surface area contributed by atoms with Gasteiger partial charge in [0.05, 0.1) is 36.6 Å². The molecule has 9 nitrogen and oxygen atoms in total. The highest BCUT2D eigenvalue weighted by Gasteiger charge is 2.34. The molecule has 1 saturated heterocycles. The second-order valence-corrected chi connectivity index (χ2v) is 10.4. The summed E-state index contributed by atoms with van der Waals surface area (Å²) in [6.07, 6.45) is 3.18. The van der Waals surface area contributed by atoms with Gasteiger partial charge in [-0.25, -0.2) is 13.4 Å². The van der Waals surface area contributed by atoms with Crippen LogP contribution < -0.4 is 5.56 Å². The van der Waals surface area contributed by atoms with E-state index in [9.17, 15) is 18.0 Å². The summed E-state index contributed by atoms with van der Waals surface area (Å²) in [5.41, 5.74) is 0.799. The van der Waals surface area contributed by atoms with Gasteiger partial charge >= 0.3 is 0 Å². The second kappa shape index (κ2) is 8.93. The van der Waals surface area contributed by atoms with Crippen LogP contribution in [-0.4, -0.2) is 65.6 Å². The Balaban J connectivity index is 1.91. The minimum Gasteiger partial charge on any atom is -0.384 e. The summed E-state index contributed by atoms with van der Waals surface area (Å²) in [5.74, 6) is 0.420. The number of likely N-dealkylation sites (tertiary alicyclic amines) is 1. The van der Waals surface area contributed by atoms with E-state index in [2.05, 4.69) is 9.97 Å². The molecular formula is C19H30N4O5S. The average molecular weight is 427 g/mol. The summed E-state index contributed by atoms with van der Waals surface area (Å²) in [6.45, 7) is 4.62. The Morgan fingerprint density at radius 3 is 2.76 bits per heavy atom. The molecule has 3 rings (SSSR count). The van der Waals surface area contributed by atoms with Crippen molar-refractivity contribution < 1.29 is 17.9 Å². The van der Waals surface area contributed by atoms with Crippen LogP contribution >= 0.6 is 0 Å². The van der Waals surface area contributed by atoms with Gasteiger partial charge in [-0.2, -0.15) is 4.31 Å². The van der Waals surface area contributed by atoms with Crippen molar-refractivity contribution in [3.8, 4) is 0 Å². The SMILES string of the molecule is COCCC(=O)N1CCCC[C@H]1c1nc2c(c(=O)[nH]1)CCN(S(=O)(=O)C(C)C)C2. The van der Waals surface area contributed by atoms with Gasteiger partial charge in [0.2, 0.25) is 15.9 Å². The van der Waals surface area contributed by atoms with Gasteiger partial charge in [0, 0.05) is 25.8 Å². The van der Waals surface area contributed by atoms with Crippen LogP contribution in [-0.2, 0) is 32.5 Å². The van der Waals surface area contributed by atoms with Crippen LogP contribution in [0.1, 0.15) is 62.7 Å². The predicted molar refractivity (Wildman–Crippen MR) is 108 cm³/mol. The Hall–Kier alpha value is -1.78. The standard InChI is InChI=1S/C19H30N4O5S/c1-13(2)29(26,27)22-10-7-14-15(12-22)20-18(21-19(14)25)16-6-4-5-9-23(16)17(24)8-11-28-3/h13,16H,4-12H2,1-3H3,(H,20,21,25)/t16-/m0/s1. The number of rotatable bonds is 6. The number of nitrogens with zero attached hydrogens (tertiary/aromatic N) is 3. The zero-order chi connectivity index (χ0) is 21.2. The number of H-pyrrole nitrogens is 1. The number of fused-ring (bicyclic) bond motifs is 1. The lowest BCUT2D eigenvalue weighted by Gasteiger charge is -2.36. The second-order valence-electron chi connectivity index (χ2n) is 7.90. The number of aromatic amines is 1. The fourth-order valence-electron chi connectivity index (χ4n) is 3.96. The number of piperidine rings is 1. The van der Waals surface area contributed by atoms with Crippen LogP contribution in [0.2, 0.25) is 0 Å². The molecule has 0 aromatic carbocycles. The van der Waals surface area contributed by atoms with E-state index in [1.807, 2.05) is 0 Å². The molecule has 1 aromatic heterocycles. The number of carbonyl (C=O) groups excluding carboxylic acids is 1. The molecule has 1 N–H and O–H groups in total. The zero-order valence-electron chi connectivity index (χ0n) is 17.3. The van der Waals surface area contributed by atoms with Gasteiger partial charge < -0.3 is 14.6 Å². The summed E-state index contributed by atoms with van der Waals surface area (Å²) < 4.78 is 31.5. The van der Waals surface area contributed by atoms with Crippen molar-refractivity contribution in [1.29, 1.82) is 0 Å². The van der Waals surface area contributed by atoms with Crippen LogP contribution in [0.25, 0.3) is 0 Å². The van der Waals surface area contributed by atoms with E-state index in [0.29, 0.717) is 43.1 Å². The molecule has 1 atom stereocenters. The molecule has 3 heterocycles. The van der Waals surface area contributed by atoms with Crippen LogP contribution in [0.15, 0.2) is 4.79 Å². The minimum atomic E-state index is -3.43. The maximum atomic E-state index is 12.7. The number of hydrogen-bond acceptors (Lipinski definition) is 6. The number of carbonyl (C=O) groups is 1. The number of ether oxygens (including phenoxy) is 1. The lowest BCUT2D eigenvalue weighted by atomic mass is 10.00. The minimum absolute atomic E-state index is 0.0269. The zero-order valence-corrected chi connectivity index (χ0v) is 18.1. The Bertz CT molecular complexity index is 912. The molecule has 1 amide bonds. The number of methoxy groups -OCH3 is 1. The van der Waals surface area contributed by atoms with Crippen LogP contribution in [0, 0.1) is 0 Å². The van der Waals surface area contributed by atoms with Gasteiger partial charge in [-0.05, 0) is 39.5 Å². The third-order valence-electron chi connectivity index (χ3n) is 5.67. The number of aromatic nitrogens is 2. The van der Waals surface area contributed by atoms with Crippen molar-refractivity contribution in [2.24, 2.45) is 0 Å². The largest absolute Gasteiger partial charge is 0.384 e. The molecule has 1 aromatic rings. The first-order valence-corrected chi connectivity index (χ1v) is 11.6. The topological polar surface area (TPSA) is 113 Å². The molecule has 2 aliphatic rings. The molecular weight excluding hydrogens is 396 g/mol. The Labute approximate surface area is 171 Å². The first kappa shape index (κ1) is 21.9. The third kappa shape index (κ3) is 4.54. The Morgan fingerprint density at radius 2 is 2.07 bits per heavy atom. The lowest BCUT2D eigenvalue weighted by Crippen LogP contribution is -2.44. The Kier molecular flexibility index (Phi) is 6.75. The van der Waals surface area contributed by atoms with Crippen molar-refractivity contribution >= 4 is 15.9 Å². The van der Waals surface area contributed by atoms with Crippen molar-refractivity contribution in [1.82, 2.24) is 19.2 Å². The van der Waals surface area contributed by atoms with Crippen LogP contribution in [0.3, 0.4) is 0 Å². The van der Waals surface area contributed by atoms with Gasteiger partial charge in [-0.1, -0.05) is 0 Å². The van der Waals surface area contributed by atoms with Crippen molar-refractivity contribution in [3.05, 3.63) is 27.4 Å².